The van der Waals surface area contributed by atoms with Gasteiger partial charge in [-0.15, -0.1) is 0 Å². The molecule has 0 aromatic carbocycles. The summed E-state index contributed by atoms with van der Waals surface area (Å²) >= 11 is 0. The van der Waals surface area contributed by atoms with E-state index >= 15 is 0 Å². The molecule has 1 aromatic heterocycles. The van der Waals surface area contributed by atoms with Gasteiger partial charge in [-0.05, 0) is 23.4 Å². The van der Waals surface area contributed by atoms with Gasteiger partial charge < -0.3 is 0 Å². The van der Waals surface area contributed by atoms with Gasteiger partial charge in [0.1, 0.15) is 0 Å². The van der Waals surface area contributed by atoms with Gasteiger partial charge in [0.25, 0.3) is 0 Å². The molecule has 0 radical (unpaired) electrons. The van der Waals surface area contributed by atoms with E-state index in [4.69, 9.17) is 0 Å². The lowest BCUT2D eigenvalue weighted by molar-refractivity contribution is 1.27. The minimum absolute atomic E-state index is 1.03. The molecule has 0 saturated heterocycles. The average molecular weight is 119 g/mol. The fourth-order valence-corrected chi connectivity index (χ4v) is 0.695. The fraction of sp³-hybridized carbons (Fsp3) is 0.125. The van der Waals surface area contributed by atoms with Crippen molar-refractivity contribution in [2.75, 3.05) is 0 Å². The summed E-state index contributed by atoms with van der Waals surface area (Å²) in [6, 6.07) is 1.90. The van der Waals surface area contributed by atoms with Crippen molar-refractivity contribution in [1.82, 2.24) is 4.98 Å². The largest absolute Gasteiger partial charge is 0.264 e. The first kappa shape index (κ1) is 6.02. The summed E-state index contributed by atoms with van der Waals surface area (Å²) in [4.78, 5) is 3.95. The Morgan fingerprint density at radius 2 is 2.44 bits per heavy atom. The van der Waals surface area contributed by atoms with Crippen LogP contribution < -0.4 is 10.4 Å². The van der Waals surface area contributed by atoms with Gasteiger partial charge in [-0.2, -0.15) is 0 Å². The zero-order valence-corrected chi connectivity index (χ0v) is 5.46. The Bertz CT molecular complexity index is 288. The molecule has 1 heterocycles. The third-order valence-electron chi connectivity index (χ3n) is 1.26. The first-order valence-electron chi connectivity index (χ1n) is 2.90. The maximum atomic E-state index is 3.95. The average Bonchev–Trinajstić information content (AvgIpc) is 1.89. The van der Waals surface area contributed by atoms with Crippen LogP contribution in [-0.2, 0) is 0 Å². The van der Waals surface area contributed by atoms with Crippen LogP contribution >= 0.6 is 0 Å². The second kappa shape index (κ2) is 2.44. The van der Waals surface area contributed by atoms with E-state index in [-0.39, 0.29) is 0 Å². The minimum atomic E-state index is 1.03. The van der Waals surface area contributed by atoms with Crippen molar-refractivity contribution in [3.05, 3.63) is 28.9 Å². The second-order valence-corrected chi connectivity index (χ2v) is 1.86. The zero-order chi connectivity index (χ0) is 6.69. The van der Waals surface area contributed by atoms with Crippen LogP contribution in [0.5, 0.6) is 0 Å². The summed E-state index contributed by atoms with van der Waals surface area (Å²) in [6.07, 6.45) is 5.55. The minimum Gasteiger partial charge on any atom is -0.264 e. The molecule has 0 unspecified atom stereocenters. The topological polar surface area (TPSA) is 12.9 Å². The third kappa shape index (κ3) is 1.17. The number of pyridine rings is 1. The number of aromatic nitrogens is 1. The first-order chi connectivity index (χ1) is 4.34. The maximum absolute atomic E-state index is 3.95. The Morgan fingerprint density at radius 1 is 1.67 bits per heavy atom. The Kier molecular flexibility index (Phi) is 1.63. The molecule has 0 amide bonds. The third-order valence-corrected chi connectivity index (χ3v) is 1.26. The van der Waals surface area contributed by atoms with E-state index in [1.165, 1.54) is 0 Å². The van der Waals surface area contributed by atoms with Gasteiger partial charge in [-0.25, -0.2) is 0 Å². The molecule has 46 valence electrons. The molecule has 1 heteroatoms. The van der Waals surface area contributed by atoms with Crippen molar-refractivity contribution in [2.24, 2.45) is 0 Å². The van der Waals surface area contributed by atoms with Gasteiger partial charge in [0.05, 0.1) is 0 Å². The highest BCUT2D eigenvalue weighted by molar-refractivity contribution is 5.20. The molecular formula is C8H9N. The lowest BCUT2D eigenvalue weighted by Crippen LogP contribution is -2.22. The van der Waals surface area contributed by atoms with Crippen LogP contribution in [0.4, 0.5) is 0 Å². The predicted molar refractivity (Wildman–Crippen MR) is 39.1 cm³/mol. The van der Waals surface area contributed by atoms with E-state index < -0.39 is 0 Å². The fourth-order valence-electron chi connectivity index (χ4n) is 0.695. The van der Waals surface area contributed by atoms with Crippen LogP contribution in [0.1, 0.15) is 6.92 Å². The van der Waals surface area contributed by atoms with Crippen molar-refractivity contribution >= 4 is 12.7 Å². The SMILES string of the molecule is C=c1ccnc/c1=C/C. The molecule has 0 aliphatic carbocycles. The highest BCUT2D eigenvalue weighted by Crippen LogP contribution is 1.61. The van der Waals surface area contributed by atoms with Gasteiger partial charge in [-0.3, -0.25) is 4.98 Å². The van der Waals surface area contributed by atoms with E-state index in [0.29, 0.717) is 0 Å². The van der Waals surface area contributed by atoms with E-state index in [1.807, 2.05) is 25.3 Å². The lowest BCUT2D eigenvalue weighted by Gasteiger charge is -1.82. The molecule has 1 nitrogen and oxygen atoms in total. The van der Waals surface area contributed by atoms with Crippen molar-refractivity contribution in [3.8, 4) is 0 Å². The Balaban J connectivity index is 3.53. The van der Waals surface area contributed by atoms with Gasteiger partial charge in [0.2, 0.25) is 0 Å². The van der Waals surface area contributed by atoms with E-state index in [9.17, 15) is 0 Å². The number of rotatable bonds is 0. The lowest BCUT2D eigenvalue weighted by atomic mass is 10.3. The Morgan fingerprint density at radius 3 is 2.89 bits per heavy atom. The molecule has 0 spiro atoms. The Hall–Kier alpha value is -1.11. The quantitative estimate of drug-likeness (QED) is 0.478. The van der Waals surface area contributed by atoms with Crippen LogP contribution in [0.2, 0.25) is 0 Å². The molecule has 1 aromatic rings. The first-order valence-corrected chi connectivity index (χ1v) is 2.90. The molecule has 0 aliphatic rings. The summed E-state index contributed by atoms with van der Waals surface area (Å²) in [5.74, 6) is 0. The second-order valence-electron chi connectivity index (χ2n) is 1.86. The van der Waals surface area contributed by atoms with Crippen molar-refractivity contribution in [2.45, 2.75) is 6.92 Å². The van der Waals surface area contributed by atoms with Gasteiger partial charge >= 0.3 is 0 Å². The van der Waals surface area contributed by atoms with Crippen LogP contribution in [0.15, 0.2) is 18.5 Å². The van der Waals surface area contributed by atoms with Gasteiger partial charge in [-0.1, -0.05) is 12.7 Å². The molecule has 0 atom stereocenters. The molecule has 0 N–H and O–H groups in total. The van der Waals surface area contributed by atoms with E-state index in [2.05, 4.69) is 11.6 Å². The molecule has 0 saturated carbocycles. The van der Waals surface area contributed by atoms with Gasteiger partial charge in [0.15, 0.2) is 0 Å². The standard InChI is InChI=1S/C8H9N/c1-3-8-6-9-5-4-7(8)2/h3-6H,2H2,1H3/b8-3-. The van der Waals surface area contributed by atoms with Crippen molar-refractivity contribution < 1.29 is 0 Å². The molecule has 0 bridgehead atoms. The van der Waals surface area contributed by atoms with Crippen molar-refractivity contribution in [1.29, 1.82) is 0 Å². The summed E-state index contributed by atoms with van der Waals surface area (Å²) in [5.41, 5.74) is 0. The molecule has 0 fully saturated rings. The highest BCUT2D eigenvalue weighted by Gasteiger charge is 1.75. The van der Waals surface area contributed by atoms with Crippen LogP contribution in [-0.4, -0.2) is 4.98 Å². The molecular weight excluding hydrogens is 110 g/mol. The monoisotopic (exact) mass is 119 g/mol. The maximum Gasteiger partial charge on any atom is 0.0342 e. The summed E-state index contributed by atoms with van der Waals surface area (Å²) in [7, 11) is 0. The zero-order valence-electron chi connectivity index (χ0n) is 5.46. The van der Waals surface area contributed by atoms with Crippen LogP contribution in [0.25, 0.3) is 12.7 Å². The summed E-state index contributed by atoms with van der Waals surface area (Å²) < 4.78 is 0. The smallest absolute Gasteiger partial charge is 0.0342 e. The van der Waals surface area contributed by atoms with E-state index in [1.54, 1.807) is 6.20 Å². The highest BCUT2D eigenvalue weighted by atomic mass is 14.6. The molecule has 1 rings (SSSR count). The normalized spacial score (nSPS) is 11.9. The van der Waals surface area contributed by atoms with Crippen LogP contribution in [0.3, 0.4) is 0 Å². The molecule has 0 aliphatic heterocycles. The van der Waals surface area contributed by atoms with Crippen LogP contribution in [0, 0.1) is 0 Å². The van der Waals surface area contributed by atoms with E-state index in [0.717, 1.165) is 10.4 Å². The molecule has 9 heavy (non-hydrogen) atoms. The number of nitrogens with zero attached hydrogens (tertiary/aromatic N) is 1. The van der Waals surface area contributed by atoms with Gasteiger partial charge in [0, 0.05) is 12.4 Å². The van der Waals surface area contributed by atoms with Crippen molar-refractivity contribution in [3.63, 3.8) is 0 Å². The number of hydrogen-bond acceptors (Lipinski definition) is 1. The predicted octanol–water partition coefficient (Wildman–Crippen LogP) is 0.292. The Labute approximate surface area is 54.4 Å². The number of hydrogen-bond donors (Lipinski definition) is 0. The summed E-state index contributed by atoms with van der Waals surface area (Å²) in [5, 5.41) is 2.14. The summed E-state index contributed by atoms with van der Waals surface area (Å²) in [6.45, 7) is 5.80.